The Hall–Kier alpha value is -0.730. The number of nitrogens with zero attached hydrogens (tertiary/aromatic N) is 1. The van der Waals surface area contributed by atoms with Crippen molar-refractivity contribution in [1.82, 2.24) is 4.90 Å². The summed E-state index contributed by atoms with van der Waals surface area (Å²) >= 11 is 0. The van der Waals surface area contributed by atoms with Crippen molar-refractivity contribution in [3.05, 3.63) is 29.8 Å². The molecule has 0 saturated carbocycles. The number of piperidine rings is 1. The highest BCUT2D eigenvalue weighted by atomic mass is 35.5. The van der Waals surface area contributed by atoms with Gasteiger partial charge in [-0.15, -0.1) is 12.4 Å². The van der Waals surface area contributed by atoms with Gasteiger partial charge in [-0.3, -0.25) is 0 Å². The van der Waals surface area contributed by atoms with Gasteiger partial charge in [0.15, 0.2) is 0 Å². The predicted molar refractivity (Wildman–Crippen MR) is 78.9 cm³/mol. The Bertz CT molecular complexity index is 348. The summed E-state index contributed by atoms with van der Waals surface area (Å²) in [5.41, 5.74) is 1.44. The van der Waals surface area contributed by atoms with E-state index in [1.807, 2.05) is 6.07 Å². The maximum Gasteiger partial charge on any atom is 0.119 e. The second-order valence-electron chi connectivity index (χ2n) is 4.89. The zero-order valence-electron chi connectivity index (χ0n) is 11.4. The smallest absolute Gasteiger partial charge is 0.119 e. The molecule has 0 bridgehead atoms. The molecule has 2 nitrogen and oxygen atoms in total. The van der Waals surface area contributed by atoms with Crippen LogP contribution in [0.2, 0.25) is 0 Å². The molecular weight excluding hydrogens is 246 g/mol. The molecule has 3 heteroatoms. The van der Waals surface area contributed by atoms with E-state index in [0.29, 0.717) is 0 Å². The summed E-state index contributed by atoms with van der Waals surface area (Å²) in [7, 11) is 1.74. The lowest BCUT2D eigenvalue weighted by Gasteiger charge is -2.32. The summed E-state index contributed by atoms with van der Waals surface area (Å²) < 4.78 is 5.29. The first kappa shape index (κ1) is 15.3. The minimum atomic E-state index is 0. The molecule has 1 saturated heterocycles. The summed E-state index contributed by atoms with van der Waals surface area (Å²) in [4.78, 5) is 2.58. The fourth-order valence-corrected chi connectivity index (χ4v) is 2.70. The lowest BCUT2D eigenvalue weighted by Crippen LogP contribution is -2.33. The zero-order chi connectivity index (χ0) is 12.1. The van der Waals surface area contributed by atoms with Crippen molar-refractivity contribution in [1.29, 1.82) is 0 Å². The van der Waals surface area contributed by atoms with Gasteiger partial charge >= 0.3 is 0 Å². The third kappa shape index (κ3) is 3.89. The molecule has 1 aliphatic heterocycles. The summed E-state index contributed by atoms with van der Waals surface area (Å²) in [6.45, 7) is 6.00. The molecule has 1 fully saturated rings. The molecule has 0 radical (unpaired) electrons. The van der Waals surface area contributed by atoms with Gasteiger partial charge in [-0.25, -0.2) is 0 Å². The number of ether oxygens (including phenoxy) is 1. The molecule has 0 aliphatic carbocycles. The Labute approximate surface area is 117 Å². The molecule has 0 atom stereocenters. The van der Waals surface area contributed by atoms with Crippen LogP contribution in [0.15, 0.2) is 24.3 Å². The molecule has 0 spiro atoms. The standard InChI is InChI=1S/C15H23NO.ClH/c1-3-9-16-10-7-13(8-11-16)14-5-4-6-15(12-14)17-2;/h4-6,12-13H,3,7-11H2,1-2H3;1H. The van der Waals surface area contributed by atoms with Crippen LogP contribution in [-0.4, -0.2) is 31.6 Å². The number of halogens is 1. The first-order valence-electron chi connectivity index (χ1n) is 6.69. The number of rotatable bonds is 4. The SMILES string of the molecule is CCCN1CCC(c2cccc(OC)c2)CC1.Cl. The second kappa shape index (κ2) is 7.65. The van der Waals surface area contributed by atoms with Crippen molar-refractivity contribution >= 4 is 12.4 Å². The Kier molecular flexibility index (Phi) is 6.51. The van der Waals surface area contributed by atoms with Gasteiger partial charge in [-0.1, -0.05) is 19.1 Å². The van der Waals surface area contributed by atoms with Gasteiger partial charge in [0.1, 0.15) is 5.75 Å². The molecule has 102 valence electrons. The number of benzene rings is 1. The minimum absolute atomic E-state index is 0. The Morgan fingerprint density at radius 3 is 2.61 bits per heavy atom. The van der Waals surface area contributed by atoms with Crippen LogP contribution >= 0.6 is 12.4 Å². The van der Waals surface area contributed by atoms with Crippen molar-refractivity contribution in [2.45, 2.75) is 32.1 Å². The topological polar surface area (TPSA) is 12.5 Å². The summed E-state index contributed by atoms with van der Waals surface area (Å²) in [6.07, 6.45) is 3.84. The lowest BCUT2D eigenvalue weighted by molar-refractivity contribution is 0.212. The monoisotopic (exact) mass is 269 g/mol. The summed E-state index contributed by atoms with van der Waals surface area (Å²) in [5.74, 6) is 1.71. The Morgan fingerprint density at radius 1 is 1.28 bits per heavy atom. The molecule has 0 unspecified atom stereocenters. The maximum atomic E-state index is 5.29. The van der Waals surface area contributed by atoms with Crippen LogP contribution in [0.3, 0.4) is 0 Å². The molecular formula is C15H24ClNO. The highest BCUT2D eigenvalue weighted by Gasteiger charge is 2.20. The molecule has 0 aromatic heterocycles. The van der Waals surface area contributed by atoms with Crippen molar-refractivity contribution in [2.75, 3.05) is 26.7 Å². The number of methoxy groups -OCH3 is 1. The largest absolute Gasteiger partial charge is 0.497 e. The van der Waals surface area contributed by atoms with Crippen molar-refractivity contribution in [3.8, 4) is 5.75 Å². The average molecular weight is 270 g/mol. The first-order chi connectivity index (χ1) is 8.33. The van der Waals surface area contributed by atoms with Gasteiger partial charge in [0.2, 0.25) is 0 Å². The first-order valence-corrected chi connectivity index (χ1v) is 6.69. The van der Waals surface area contributed by atoms with Crippen LogP contribution < -0.4 is 4.74 Å². The Morgan fingerprint density at radius 2 is 2.00 bits per heavy atom. The van der Waals surface area contributed by atoms with Crippen LogP contribution in [-0.2, 0) is 0 Å². The van der Waals surface area contributed by atoms with E-state index in [9.17, 15) is 0 Å². The van der Waals surface area contributed by atoms with Crippen LogP contribution in [0.5, 0.6) is 5.75 Å². The highest BCUT2D eigenvalue weighted by Crippen LogP contribution is 2.29. The van der Waals surface area contributed by atoms with Crippen LogP contribution in [0.25, 0.3) is 0 Å². The van der Waals surface area contributed by atoms with E-state index in [-0.39, 0.29) is 12.4 Å². The van der Waals surface area contributed by atoms with Gasteiger partial charge in [-0.05, 0) is 62.5 Å². The molecule has 2 rings (SSSR count). The number of likely N-dealkylation sites (tertiary alicyclic amines) is 1. The minimum Gasteiger partial charge on any atom is -0.497 e. The second-order valence-corrected chi connectivity index (χ2v) is 4.89. The molecule has 0 amide bonds. The van der Waals surface area contributed by atoms with Crippen LogP contribution in [0.1, 0.15) is 37.7 Å². The fourth-order valence-electron chi connectivity index (χ4n) is 2.70. The summed E-state index contributed by atoms with van der Waals surface area (Å²) in [6, 6.07) is 8.56. The number of hydrogen-bond acceptors (Lipinski definition) is 2. The molecule has 0 N–H and O–H groups in total. The van der Waals surface area contributed by atoms with E-state index in [0.717, 1.165) is 11.7 Å². The van der Waals surface area contributed by atoms with E-state index >= 15 is 0 Å². The van der Waals surface area contributed by atoms with Gasteiger partial charge in [0.25, 0.3) is 0 Å². The van der Waals surface area contributed by atoms with E-state index in [1.165, 1.54) is 44.5 Å². The van der Waals surface area contributed by atoms with E-state index < -0.39 is 0 Å². The molecule has 1 aliphatic rings. The van der Waals surface area contributed by atoms with Gasteiger partial charge in [-0.2, -0.15) is 0 Å². The fraction of sp³-hybridized carbons (Fsp3) is 0.600. The third-order valence-corrected chi connectivity index (χ3v) is 3.69. The Balaban J connectivity index is 0.00000162. The maximum absolute atomic E-state index is 5.29. The van der Waals surface area contributed by atoms with Gasteiger partial charge in [0.05, 0.1) is 7.11 Å². The van der Waals surface area contributed by atoms with Crippen molar-refractivity contribution < 1.29 is 4.74 Å². The predicted octanol–water partition coefficient (Wildman–Crippen LogP) is 3.71. The van der Waals surface area contributed by atoms with Crippen molar-refractivity contribution in [2.24, 2.45) is 0 Å². The van der Waals surface area contributed by atoms with E-state index in [4.69, 9.17) is 4.74 Å². The molecule has 1 aromatic rings. The third-order valence-electron chi connectivity index (χ3n) is 3.69. The van der Waals surface area contributed by atoms with E-state index in [2.05, 4.69) is 30.0 Å². The van der Waals surface area contributed by atoms with Crippen molar-refractivity contribution in [3.63, 3.8) is 0 Å². The van der Waals surface area contributed by atoms with E-state index in [1.54, 1.807) is 7.11 Å². The average Bonchev–Trinajstić information content (AvgIpc) is 2.40. The van der Waals surface area contributed by atoms with Gasteiger partial charge < -0.3 is 9.64 Å². The summed E-state index contributed by atoms with van der Waals surface area (Å²) in [5, 5.41) is 0. The molecule has 1 heterocycles. The quantitative estimate of drug-likeness (QED) is 0.826. The zero-order valence-corrected chi connectivity index (χ0v) is 12.2. The normalized spacial score (nSPS) is 17.2. The highest BCUT2D eigenvalue weighted by molar-refractivity contribution is 5.85. The van der Waals surface area contributed by atoms with Crippen LogP contribution in [0.4, 0.5) is 0 Å². The number of hydrogen-bond donors (Lipinski definition) is 0. The van der Waals surface area contributed by atoms with Crippen LogP contribution in [0, 0.1) is 0 Å². The van der Waals surface area contributed by atoms with Gasteiger partial charge in [0, 0.05) is 0 Å². The molecule has 1 aromatic carbocycles. The molecule has 18 heavy (non-hydrogen) atoms. The lowest BCUT2D eigenvalue weighted by atomic mass is 9.89.